The Bertz CT molecular complexity index is 687. The number of hydrogen-bond donors (Lipinski definition) is 2. The molecule has 2 rings (SSSR count). The number of rotatable bonds is 7. The molecule has 2 N–H and O–H groups in total. The fourth-order valence-corrected chi connectivity index (χ4v) is 1.98. The van der Waals surface area contributed by atoms with Gasteiger partial charge in [-0.25, -0.2) is 14.8 Å². The number of pyridine rings is 2. The first-order valence-corrected chi connectivity index (χ1v) is 8.22. The molecule has 0 radical (unpaired) electrons. The van der Waals surface area contributed by atoms with E-state index in [-0.39, 0.29) is 18.2 Å². The topological polar surface area (TPSA) is 85.4 Å². The number of urea groups is 1. The Balaban J connectivity index is 1.89. The number of amides is 2. The van der Waals surface area contributed by atoms with Gasteiger partial charge in [0.2, 0.25) is 11.8 Å². The van der Waals surface area contributed by atoms with Crippen LogP contribution in [-0.2, 0) is 6.54 Å². The van der Waals surface area contributed by atoms with Crippen LogP contribution in [0.5, 0.6) is 11.8 Å². The highest BCUT2D eigenvalue weighted by molar-refractivity contribution is 5.90. The average Bonchev–Trinajstić information content (AvgIpc) is 2.55. The van der Waals surface area contributed by atoms with Crippen molar-refractivity contribution >= 4 is 11.7 Å². The number of hydrogen-bond acceptors (Lipinski definition) is 5. The van der Waals surface area contributed by atoms with E-state index in [1.807, 2.05) is 33.8 Å². The Morgan fingerprint density at radius 3 is 2.48 bits per heavy atom. The van der Waals surface area contributed by atoms with Crippen molar-refractivity contribution in [3.05, 3.63) is 42.2 Å². The molecule has 0 aliphatic rings. The van der Waals surface area contributed by atoms with Gasteiger partial charge in [-0.1, -0.05) is 6.07 Å². The highest BCUT2D eigenvalue weighted by atomic mass is 16.5. The number of anilines is 1. The Labute approximate surface area is 147 Å². The maximum Gasteiger partial charge on any atom is 0.319 e. The minimum Gasteiger partial charge on any atom is -0.475 e. The monoisotopic (exact) mass is 344 g/mol. The molecule has 0 atom stereocenters. The fourth-order valence-electron chi connectivity index (χ4n) is 1.98. The van der Waals surface area contributed by atoms with Crippen molar-refractivity contribution in [1.82, 2.24) is 15.3 Å². The lowest BCUT2D eigenvalue weighted by Crippen LogP contribution is -2.28. The summed E-state index contributed by atoms with van der Waals surface area (Å²) in [4.78, 5) is 20.4. The molecule has 0 unspecified atom stereocenters. The number of aromatic nitrogens is 2. The summed E-state index contributed by atoms with van der Waals surface area (Å²) in [6, 6.07) is 6.78. The van der Waals surface area contributed by atoms with Gasteiger partial charge in [0.1, 0.15) is 5.69 Å². The van der Waals surface area contributed by atoms with Gasteiger partial charge in [-0.2, -0.15) is 0 Å². The molecule has 0 bridgehead atoms. The molecule has 2 aromatic rings. The zero-order valence-electron chi connectivity index (χ0n) is 14.9. The quantitative estimate of drug-likeness (QED) is 0.804. The van der Waals surface area contributed by atoms with Crippen molar-refractivity contribution < 1.29 is 14.3 Å². The SMILES string of the molecule is CC(C)Oc1ccc(CNC(=O)Nc2cccnc2OC(C)C)cn1. The van der Waals surface area contributed by atoms with Crippen molar-refractivity contribution in [2.24, 2.45) is 0 Å². The first-order valence-electron chi connectivity index (χ1n) is 8.22. The van der Waals surface area contributed by atoms with E-state index in [9.17, 15) is 4.79 Å². The van der Waals surface area contributed by atoms with Gasteiger partial charge in [0, 0.05) is 25.0 Å². The van der Waals surface area contributed by atoms with Crippen molar-refractivity contribution in [3.8, 4) is 11.8 Å². The smallest absolute Gasteiger partial charge is 0.319 e. The van der Waals surface area contributed by atoms with E-state index >= 15 is 0 Å². The summed E-state index contributed by atoms with van der Waals surface area (Å²) in [5.41, 5.74) is 1.39. The van der Waals surface area contributed by atoms with Crippen LogP contribution < -0.4 is 20.1 Å². The maximum atomic E-state index is 12.1. The third kappa shape index (κ3) is 6.29. The molecular formula is C18H24N4O3. The Hall–Kier alpha value is -2.83. The van der Waals surface area contributed by atoms with Gasteiger partial charge < -0.3 is 20.1 Å². The molecule has 0 fully saturated rings. The maximum absolute atomic E-state index is 12.1. The summed E-state index contributed by atoms with van der Waals surface area (Å²) in [5.74, 6) is 0.957. The van der Waals surface area contributed by atoms with Crippen molar-refractivity contribution in [1.29, 1.82) is 0 Å². The Kier molecular flexibility index (Phi) is 6.56. The molecule has 0 aliphatic carbocycles. The predicted octanol–water partition coefficient (Wildman–Crippen LogP) is 3.37. The highest BCUT2D eigenvalue weighted by Crippen LogP contribution is 2.21. The molecule has 25 heavy (non-hydrogen) atoms. The van der Waals surface area contributed by atoms with Crippen molar-refractivity contribution in [2.75, 3.05) is 5.32 Å². The first kappa shape index (κ1) is 18.5. The summed E-state index contributed by atoms with van der Waals surface area (Å²) in [6.07, 6.45) is 3.34. The zero-order chi connectivity index (χ0) is 18.2. The summed E-state index contributed by atoms with van der Waals surface area (Å²) >= 11 is 0. The van der Waals surface area contributed by atoms with Crippen LogP contribution in [0.4, 0.5) is 10.5 Å². The number of nitrogens with zero attached hydrogens (tertiary/aromatic N) is 2. The molecular weight excluding hydrogens is 320 g/mol. The van der Waals surface area contributed by atoms with Gasteiger partial charge in [0.25, 0.3) is 0 Å². The largest absolute Gasteiger partial charge is 0.475 e. The minimum absolute atomic E-state index is 0.0313. The number of carbonyl (C=O) groups excluding carboxylic acids is 1. The molecule has 2 aromatic heterocycles. The van der Waals surface area contributed by atoms with E-state index in [0.717, 1.165) is 5.56 Å². The van der Waals surface area contributed by atoms with Gasteiger partial charge in [0.05, 0.1) is 12.2 Å². The molecule has 2 amide bonds. The summed E-state index contributed by atoms with van der Waals surface area (Å²) < 4.78 is 11.1. The average molecular weight is 344 g/mol. The standard InChI is InChI=1S/C18H24N4O3/c1-12(2)24-16-8-7-14(10-20-16)11-21-18(23)22-15-6-5-9-19-17(15)25-13(3)4/h5-10,12-13H,11H2,1-4H3,(H2,21,22,23). The van der Waals surface area contributed by atoms with Crippen LogP contribution in [0.1, 0.15) is 33.3 Å². The third-order valence-corrected chi connectivity index (χ3v) is 2.97. The molecule has 0 aliphatic heterocycles. The van der Waals surface area contributed by atoms with Crippen LogP contribution in [0.2, 0.25) is 0 Å². The molecule has 0 saturated carbocycles. The van der Waals surface area contributed by atoms with Crippen LogP contribution in [0, 0.1) is 0 Å². The van der Waals surface area contributed by atoms with Gasteiger partial charge in [-0.3, -0.25) is 0 Å². The van der Waals surface area contributed by atoms with Crippen LogP contribution in [0.25, 0.3) is 0 Å². The lowest BCUT2D eigenvalue weighted by Gasteiger charge is -2.14. The zero-order valence-corrected chi connectivity index (χ0v) is 14.9. The summed E-state index contributed by atoms with van der Waals surface area (Å²) in [5, 5.41) is 5.51. The van der Waals surface area contributed by atoms with Crippen LogP contribution in [-0.4, -0.2) is 28.2 Å². The molecule has 7 heteroatoms. The number of nitrogens with one attached hydrogen (secondary N) is 2. The molecule has 0 saturated heterocycles. The molecule has 0 aromatic carbocycles. The number of ether oxygens (including phenoxy) is 2. The van der Waals surface area contributed by atoms with Crippen molar-refractivity contribution in [2.45, 2.75) is 46.4 Å². The predicted molar refractivity (Wildman–Crippen MR) is 95.9 cm³/mol. The van der Waals surface area contributed by atoms with E-state index in [4.69, 9.17) is 9.47 Å². The number of carbonyl (C=O) groups is 1. The lowest BCUT2D eigenvalue weighted by molar-refractivity contribution is 0.232. The molecule has 0 spiro atoms. The molecule has 2 heterocycles. The lowest BCUT2D eigenvalue weighted by atomic mass is 10.3. The van der Waals surface area contributed by atoms with Crippen LogP contribution >= 0.6 is 0 Å². The minimum atomic E-state index is -0.343. The van der Waals surface area contributed by atoms with E-state index < -0.39 is 0 Å². The van der Waals surface area contributed by atoms with Crippen LogP contribution in [0.3, 0.4) is 0 Å². The summed E-state index contributed by atoms with van der Waals surface area (Å²) in [6.45, 7) is 8.03. The van der Waals surface area contributed by atoms with E-state index in [1.165, 1.54) is 0 Å². The second kappa shape index (κ2) is 8.86. The highest BCUT2D eigenvalue weighted by Gasteiger charge is 2.10. The van der Waals surface area contributed by atoms with E-state index in [2.05, 4.69) is 20.6 Å². The Morgan fingerprint density at radius 1 is 1.08 bits per heavy atom. The normalized spacial score (nSPS) is 10.6. The Morgan fingerprint density at radius 2 is 1.84 bits per heavy atom. The van der Waals surface area contributed by atoms with Crippen molar-refractivity contribution in [3.63, 3.8) is 0 Å². The summed E-state index contributed by atoms with van der Waals surface area (Å²) in [7, 11) is 0. The van der Waals surface area contributed by atoms with E-state index in [0.29, 0.717) is 24.0 Å². The van der Waals surface area contributed by atoms with Gasteiger partial charge in [0.15, 0.2) is 0 Å². The van der Waals surface area contributed by atoms with Gasteiger partial charge in [-0.15, -0.1) is 0 Å². The second-order valence-electron chi connectivity index (χ2n) is 6.00. The first-order chi connectivity index (χ1) is 11.9. The van der Waals surface area contributed by atoms with Gasteiger partial charge in [-0.05, 0) is 45.4 Å². The second-order valence-corrected chi connectivity index (χ2v) is 6.00. The molecule has 134 valence electrons. The van der Waals surface area contributed by atoms with Crippen LogP contribution in [0.15, 0.2) is 36.7 Å². The fraction of sp³-hybridized carbons (Fsp3) is 0.389. The third-order valence-electron chi connectivity index (χ3n) is 2.97. The van der Waals surface area contributed by atoms with Gasteiger partial charge >= 0.3 is 6.03 Å². The molecule has 7 nitrogen and oxygen atoms in total. The van der Waals surface area contributed by atoms with E-state index in [1.54, 1.807) is 30.6 Å².